The van der Waals surface area contributed by atoms with Crippen LogP contribution >= 0.6 is 0 Å². The van der Waals surface area contributed by atoms with Gasteiger partial charge < -0.3 is 24.8 Å². The molecule has 0 aromatic heterocycles. The predicted molar refractivity (Wildman–Crippen MR) is 205 cm³/mol. The first kappa shape index (κ1) is 39.4. The average molecular weight is 745 g/mol. The van der Waals surface area contributed by atoms with Crippen molar-refractivity contribution in [2.45, 2.75) is 87.5 Å². The molecule has 2 aromatic rings. The van der Waals surface area contributed by atoms with Crippen molar-refractivity contribution < 1.29 is 26.4 Å². The smallest absolute Gasteiger partial charge is 0.410 e. The molecule has 51 heavy (non-hydrogen) atoms. The summed E-state index contributed by atoms with van der Waals surface area (Å²) in [5, 5.41) is 3.45. The van der Waals surface area contributed by atoms with Gasteiger partial charge in [-0.1, -0.05) is 0 Å². The minimum Gasteiger partial charge on any atom is -0.444 e. The van der Waals surface area contributed by atoms with Gasteiger partial charge in [0.15, 0.2) is 19.7 Å². The summed E-state index contributed by atoms with van der Waals surface area (Å²) in [5.74, 6) is 3.13. The molecule has 2 aromatic carbocycles. The van der Waals surface area contributed by atoms with Crippen LogP contribution < -0.4 is 15.1 Å². The van der Waals surface area contributed by atoms with E-state index in [1.807, 2.05) is 49.9 Å². The third kappa shape index (κ3) is 11.3. The van der Waals surface area contributed by atoms with Gasteiger partial charge in [0.2, 0.25) is 0 Å². The Morgan fingerprint density at radius 3 is 1.25 bits per heavy atom. The molecule has 4 fully saturated rings. The first-order valence-electron chi connectivity index (χ1n) is 18.9. The minimum absolute atomic E-state index is 0.191. The van der Waals surface area contributed by atoms with Gasteiger partial charge in [-0.15, -0.1) is 0 Å². The maximum atomic E-state index is 12.2. The second-order valence-electron chi connectivity index (χ2n) is 16.1. The number of hydrogen-bond acceptors (Lipinski definition) is 9. The van der Waals surface area contributed by atoms with Crippen LogP contribution in [0.5, 0.6) is 0 Å². The number of hydrogen-bond donors (Lipinski definition) is 1. The van der Waals surface area contributed by atoms with Crippen molar-refractivity contribution in [2.75, 3.05) is 74.7 Å². The van der Waals surface area contributed by atoms with Gasteiger partial charge in [-0.3, -0.25) is 0 Å². The number of nitrogens with one attached hydrogen (secondary N) is 1. The highest BCUT2D eigenvalue weighted by Crippen LogP contribution is 2.35. The van der Waals surface area contributed by atoms with Crippen molar-refractivity contribution in [1.82, 2.24) is 10.2 Å². The van der Waals surface area contributed by atoms with Crippen LogP contribution in [0.4, 0.5) is 16.2 Å². The van der Waals surface area contributed by atoms with Gasteiger partial charge in [0, 0.05) is 63.2 Å². The molecular formula is C39H60N4O6S2. The number of likely N-dealkylation sites (tertiary alicyclic amines) is 1. The zero-order chi connectivity index (χ0) is 36.8. The van der Waals surface area contributed by atoms with Gasteiger partial charge >= 0.3 is 6.09 Å². The first-order chi connectivity index (χ1) is 24.1. The Balaban J connectivity index is 0.000000205. The fourth-order valence-electron chi connectivity index (χ4n) is 8.26. The number of anilines is 2. The summed E-state index contributed by atoms with van der Waals surface area (Å²) in [5.41, 5.74) is 1.80. The van der Waals surface area contributed by atoms with Crippen LogP contribution in [0.3, 0.4) is 0 Å². The summed E-state index contributed by atoms with van der Waals surface area (Å²) in [6, 6.07) is 14.6. The van der Waals surface area contributed by atoms with Crippen LogP contribution in [-0.2, 0) is 24.4 Å². The highest BCUT2D eigenvalue weighted by molar-refractivity contribution is 7.91. The maximum absolute atomic E-state index is 12.2. The Labute approximate surface area is 307 Å². The lowest BCUT2D eigenvalue weighted by Gasteiger charge is -2.41. The molecule has 1 amide bonds. The monoisotopic (exact) mass is 744 g/mol. The van der Waals surface area contributed by atoms with E-state index in [1.165, 1.54) is 51.3 Å². The number of carbonyl (C=O) groups excluding carboxylic acids is 1. The Morgan fingerprint density at radius 1 is 0.588 bits per heavy atom. The third-order valence-electron chi connectivity index (χ3n) is 11.2. The average Bonchev–Trinajstić information content (AvgIpc) is 3.11. The van der Waals surface area contributed by atoms with Crippen molar-refractivity contribution in [3.8, 4) is 0 Å². The van der Waals surface area contributed by atoms with E-state index >= 15 is 0 Å². The van der Waals surface area contributed by atoms with Crippen molar-refractivity contribution >= 4 is 37.1 Å². The number of piperidine rings is 4. The number of amides is 1. The number of ether oxygens (including phenoxy) is 1. The van der Waals surface area contributed by atoms with E-state index in [0.29, 0.717) is 21.6 Å². The summed E-state index contributed by atoms with van der Waals surface area (Å²) in [6.07, 6.45) is 11.9. The van der Waals surface area contributed by atoms with E-state index in [-0.39, 0.29) is 6.09 Å². The van der Waals surface area contributed by atoms with Crippen LogP contribution in [0.2, 0.25) is 0 Å². The molecule has 10 nitrogen and oxygen atoms in total. The lowest BCUT2D eigenvalue weighted by molar-refractivity contribution is 0.0152. The molecule has 0 aliphatic carbocycles. The Bertz CT molecular complexity index is 1630. The molecular weight excluding hydrogens is 685 g/mol. The second kappa shape index (κ2) is 16.9. The molecule has 0 atom stereocenters. The van der Waals surface area contributed by atoms with Gasteiger partial charge in [0.1, 0.15) is 5.60 Å². The zero-order valence-electron chi connectivity index (χ0n) is 31.3. The fourth-order valence-corrected chi connectivity index (χ4v) is 9.52. The molecule has 1 N–H and O–H groups in total. The molecule has 284 valence electrons. The topological polar surface area (TPSA) is 116 Å². The highest BCUT2D eigenvalue weighted by Gasteiger charge is 2.33. The first-order valence-corrected chi connectivity index (χ1v) is 22.6. The predicted octanol–water partition coefficient (Wildman–Crippen LogP) is 6.26. The van der Waals surface area contributed by atoms with Crippen LogP contribution in [0.25, 0.3) is 0 Å². The molecule has 0 saturated carbocycles. The number of nitrogens with zero attached hydrogens (tertiary/aromatic N) is 3. The molecule has 4 aliphatic rings. The Kier molecular flexibility index (Phi) is 13.0. The lowest BCUT2D eigenvalue weighted by atomic mass is 9.79. The maximum Gasteiger partial charge on any atom is 0.410 e. The molecule has 0 unspecified atom stereocenters. The Morgan fingerprint density at radius 2 is 0.922 bits per heavy atom. The summed E-state index contributed by atoms with van der Waals surface area (Å²) >= 11 is 0. The van der Waals surface area contributed by atoms with Crippen LogP contribution in [0, 0.1) is 23.7 Å². The number of benzene rings is 2. The summed E-state index contributed by atoms with van der Waals surface area (Å²) in [7, 11) is -6.25. The van der Waals surface area contributed by atoms with Gasteiger partial charge in [0.25, 0.3) is 0 Å². The van der Waals surface area contributed by atoms with Gasteiger partial charge in [-0.2, -0.15) is 0 Å². The fraction of sp³-hybridized carbons (Fsp3) is 0.667. The lowest BCUT2D eigenvalue weighted by Crippen LogP contribution is -2.44. The molecule has 0 radical (unpaired) electrons. The quantitative estimate of drug-likeness (QED) is 0.366. The molecule has 6 rings (SSSR count). The Hall–Kier alpha value is -2.83. The van der Waals surface area contributed by atoms with Crippen LogP contribution in [0.1, 0.15) is 72.1 Å². The summed E-state index contributed by atoms with van der Waals surface area (Å²) in [4.78, 5) is 19.6. The normalized spacial score (nSPS) is 20.8. The van der Waals surface area contributed by atoms with Crippen molar-refractivity contribution in [2.24, 2.45) is 23.7 Å². The molecule has 4 aliphatic heterocycles. The molecule has 4 saturated heterocycles. The van der Waals surface area contributed by atoms with Crippen molar-refractivity contribution in [1.29, 1.82) is 0 Å². The third-order valence-corrected chi connectivity index (χ3v) is 13.5. The molecule has 0 bridgehead atoms. The molecule has 0 spiro atoms. The van der Waals surface area contributed by atoms with Crippen LogP contribution in [0.15, 0.2) is 58.3 Å². The van der Waals surface area contributed by atoms with E-state index in [1.54, 1.807) is 24.3 Å². The van der Waals surface area contributed by atoms with E-state index in [4.69, 9.17) is 4.74 Å². The van der Waals surface area contributed by atoms with E-state index < -0.39 is 25.3 Å². The van der Waals surface area contributed by atoms with E-state index in [2.05, 4.69) is 15.1 Å². The van der Waals surface area contributed by atoms with Gasteiger partial charge in [0.05, 0.1) is 9.79 Å². The van der Waals surface area contributed by atoms with E-state index in [9.17, 15) is 21.6 Å². The van der Waals surface area contributed by atoms with E-state index in [0.717, 1.165) is 88.2 Å². The standard InChI is InChI=1S/C22H34N2O4S.C17H26N2O2S/c1-22(2,3)28-21(25)24-15-11-18(12-16-24)17-9-13-23(14-10-17)19-5-7-20(8-6-19)29(4,26)27;1-22(20,21)17-4-2-16(3-5-17)19-12-8-15(9-13-19)14-6-10-18-11-7-14/h5-8,17-18H,9-16H2,1-4H3;2-5,14-15,18H,6-13H2,1H3. The number of sulfone groups is 2. The summed E-state index contributed by atoms with van der Waals surface area (Å²) < 4.78 is 51.8. The number of carbonyl (C=O) groups is 1. The van der Waals surface area contributed by atoms with Crippen molar-refractivity contribution in [3.63, 3.8) is 0 Å². The summed E-state index contributed by atoms with van der Waals surface area (Å²) in [6.45, 7) is 13.8. The molecule has 12 heteroatoms. The zero-order valence-corrected chi connectivity index (χ0v) is 33.0. The SMILES string of the molecule is CC(C)(C)OC(=O)N1CCC(C2CCN(c3ccc(S(C)(=O)=O)cc3)CC2)CC1.CS(=O)(=O)c1ccc(N2CCC(C3CCNCC3)CC2)cc1. The second-order valence-corrected chi connectivity index (χ2v) is 20.1. The van der Waals surface area contributed by atoms with Gasteiger partial charge in [-0.25, -0.2) is 21.6 Å². The largest absolute Gasteiger partial charge is 0.444 e. The minimum atomic E-state index is -3.15. The molecule has 4 heterocycles. The highest BCUT2D eigenvalue weighted by atomic mass is 32.2. The van der Waals surface area contributed by atoms with Crippen LogP contribution in [-0.4, -0.2) is 98.3 Å². The van der Waals surface area contributed by atoms with Crippen molar-refractivity contribution in [3.05, 3.63) is 48.5 Å². The number of rotatable bonds is 6. The van der Waals surface area contributed by atoms with Gasteiger partial charge in [-0.05, 0) is 157 Å².